The highest BCUT2D eigenvalue weighted by molar-refractivity contribution is 5.78. The molecule has 5 heteroatoms. The maximum Gasteiger partial charge on any atom is 0.224 e. The highest BCUT2D eigenvalue weighted by atomic mass is 19.1. The smallest absolute Gasteiger partial charge is 0.224 e. The third-order valence-electron chi connectivity index (χ3n) is 3.01. The van der Waals surface area contributed by atoms with E-state index in [0.29, 0.717) is 11.1 Å². The molecule has 0 saturated heterocycles. The molecule has 0 radical (unpaired) electrons. The summed E-state index contributed by atoms with van der Waals surface area (Å²) in [4.78, 5) is 11.7. The van der Waals surface area contributed by atoms with Crippen molar-refractivity contribution in [1.29, 1.82) is 0 Å². The molecule has 1 N–H and O–H groups in total. The summed E-state index contributed by atoms with van der Waals surface area (Å²) in [5, 5.41) is 2.64. The summed E-state index contributed by atoms with van der Waals surface area (Å²) < 4.78 is 38.8. The Kier molecular flexibility index (Phi) is 4.98. The third kappa shape index (κ3) is 4.63. The number of hydrogen-bond acceptors (Lipinski definition) is 1. The van der Waals surface area contributed by atoms with Gasteiger partial charge in [-0.3, -0.25) is 4.79 Å². The van der Waals surface area contributed by atoms with Gasteiger partial charge in [0.05, 0.1) is 6.42 Å². The minimum absolute atomic E-state index is 0.131. The molecule has 21 heavy (non-hydrogen) atoms. The van der Waals surface area contributed by atoms with Gasteiger partial charge in [-0.05, 0) is 35.7 Å². The van der Waals surface area contributed by atoms with Gasteiger partial charge in [0, 0.05) is 12.6 Å². The summed E-state index contributed by atoms with van der Waals surface area (Å²) in [5.74, 6) is -1.84. The van der Waals surface area contributed by atoms with Crippen LogP contribution in [-0.4, -0.2) is 12.5 Å². The van der Waals surface area contributed by atoms with Gasteiger partial charge in [-0.25, -0.2) is 13.2 Å². The Balaban J connectivity index is 1.80. The summed E-state index contributed by atoms with van der Waals surface area (Å²) in [6.07, 6.45) is 0.410. The van der Waals surface area contributed by atoms with Crippen LogP contribution in [0.2, 0.25) is 0 Å². The minimum atomic E-state index is -0.628. The largest absolute Gasteiger partial charge is 0.355 e. The van der Waals surface area contributed by atoms with E-state index in [1.807, 2.05) is 0 Å². The molecule has 0 unspecified atom stereocenters. The van der Waals surface area contributed by atoms with Crippen molar-refractivity contribution in [3.05, 3.63) is 71.0 Å². The minimum Gasteiger partial charge on any atom is -0.355 e. The number of rotatable bonds is 5. The van der Waals surface area contributed by atoms with Gasteiger partial charge in [0.15, 0.2) is 0 Å². The monoisotopic (exact) mass is 293 g/mol. The van der Waals surface area contributed by atoms with E-state index in [2.05, 4.69) is 5.32 Å². The molecule has 0 fully saturated rings. The Morgan fingerprint density at radius 1 is 0.952 bits per heavy atom. The molecule has 0 saturated carbocycles. The van der Waals surface area contributed by atoms with Crippen LogP contribution < -0.4 is 5.32 Å². The molecule has 0 aromatic heterocycles. The van der Waals surface area contributed by atoms with Gasteiger partial charge in [-0.2, -0.15) is 0 Å². The van der Waals surface area contributed by atoms with Crippen LogP contribution >= 0.6 is 0 Å². The van der Waals surface area contributed by atoms with Crippen LogP contribution in [0, 0.1) is 17.5 Å². The second kappa shape index (κ2) is 6.92. The first kappa shape index (κ1) is 15.1. The maximum atomic E-state index is 13.4. The highest BCUT2D eigenvalue weighted by Gasteiger charge is 2.06. The molecule has 2 rings (SSSR count). The second-order valence-electron chi connectivity index (χ2n) is 4.64. The molecule has 2 nitrogen and oxygen atoms in total. The lowest BCUT2D eigenvalue weighted by atomic mass is 10.1. The van der Waals surface area contributed by atoms with Gasteiger partial charge in [0.1, 0.15) is 17.5 Å². The predicted molar refractivity (Wildman–Crippen MR) is 73.2 cm³/mol. The summed E-state index contributed by atoms with van der Waals surface area (Å²) >= 11 is 0. The van der Waals surface area contributed by atoms with Gasteiger partial charge in [0.25, 0.3) is 0 Å². The molecule has 0 heterocycles. The zero-order valence-corrected chi connectivity index (χ0v) is 11.2. The van der Waals surface area contributed by atoms with Crippen LogP contribution in [0.4, 0.5) is 13.2 Å². The Hall–Kier alpha value is -2.30. The lowest BCUT2D eigenvalue weighted by molar-refractivity contribution is -0.120. The van der Waals surface area contributed by atoms with Gasteiger partial charge < -0.3 is 5.32 Å². The van der Waals surface area contributed by atoms with Gasteiger partial charge in [-0.15, -0.1) is 0 Å². The summed E-state index contributed by atoms with van der Waals surface area (Å²) in [6, 6.07) is 9.00. The molecule has 2 aromatic carbocycles. The molecule has 0 aliphatic carbocycles. The van der Waals surface area contributed by atoms with E-state index in [9.17, 15) is 18.0 Å². The van der Waals surface area contributed by atoms with Crippen LogP contribution in [0.3, 0.4) is 0 Å². The standard InChI is InChI=1S/C16H14F3NO/c17-13-4-1-11(2-5-13)9-16(21)20-8-7-12-3-6-14(18)10-15(12)19/h1-6,10H,7-9H2,(H,20,21). The number of halogens is 3. The molecular weight excluding hydrogens is 279 g/mol. The van der Waals surface area contributed by atoms with E-state index >= 15 is 0 Å². The topological polar surface area (TPSA) is 29.1 Å². The van der Waals surface area contributed by atoms with Crippen LogP contribution in [0.1, 0.15) is 11.1 Å². The van der Waals surface area contributed by atoms with Crippen molar-refractivity contribution in [1.82, 2.24) is 5.32 Å². The number of benzene rings is 2. The van der Waals surface area contributed by atoms with E-state index in [0.717, 1.165) is 6.07 Å². The predicted octanol–water partition coefficient (Wildman–Crippen LogP) is 3.01. The van der Waals surface area contributed by atoms with Crippen molar-refractivity contribution in [2.75, 3.05) is 6.54 Å². The quantitative estimate of drug-likeness (QED) is 0.902. The van der Waals surface area contributed by atoms with Crippen molar-refractivity contribution in [3.8, 4) is 0 Å². The zero-order chi connectivity index (χ0) is 15.2. The lowest BCUT2D eigenvalue weighted by Crippen LogP contribution is -2.27. The van der Waals surface area contributed by atoms with Crippen molar-refractivity contribution >= 4 is 5.91 Å². The molecule has 0 aliphatic heterocycles. The van der Waals surface area contributed by atoms with Crippen LogP contribution in [-0.2, 0) is 17.6 Å². The van der Waals surface area contributed by atoms with Gasteiger partial charge >= 0.3 is 0 Å². The SMILES string of the molecule is O=C(Cc1ccc(F)cc1)NCCc1ccc(F)cc1F. The van der Waals surface area contributed by atoms with E-state index < -0.39 is 11.6 Å². The molecule has 0 atom stereocenters. The molecule has 110 valence electrons. The number of amides is 1. The first-order chi connectivity index (χ1) is 10.0. The third-order valence-corrected chi connectivity index (χ3v) is 3.01. The fourth-order valence-corrected chi connectivity index (χ4v) is 1.91. The first-order valence-corrected chi connectivity index (χ1v) is 6.49. The normalized spacial score (nSPS) is 10.4. The average molecular weight is 293 g/mol. The summed E-state index contributed by atoms with van der Waals surface area (Å²) in [5.41, 5.74) is 1.04. The Morgan fingerprint density at radius 3 is 2.29 bits per heavy atom. The number of carbonyl (C=O) groups is 1. The average Bonchev–Trinajstić information content (AvgIpc) is 2.44. The molecule has 0 bridgehead atoms. The number of nitrogens with one attached hydrogen (secondary N) is 1. The Labute approximate surface area is 120 Å². The fourth-order valence-electron chi connectivity index (χ4n) is 1.91. The summed E-state index contributed by atoms with van der Waals surface area (Å²) in [6.45, 7) is 0.253. The van der Waals surface area contributed by atoms with Crippen molar-refractivity contribution in [2.24, 2.45) is 0 Å². The van der Waals surface area contributed by atoms with Crippen LogP contribution in [0.15, 0.2) is 42.5 Å². The van der Waals surface area contributed by atoms with E-state index in [4.69, 9.17) is 0 Å². The summed E-state index contributed by atoms with van der Waals surface area (Å²) in [7, 11) is 0. The maximum absolute atomic E-state index is 13.4. The molecule has 0 spiro atoms. The molecule has 2 aromatic rings. The Morgan fingerprint density at radius 2 is 1.62 bits per heavy atom. The van der Waals surface area contributed by atoms with Crippen molar-refractivity contribution < 1.29 is 18.0 Å². The van der Waals surface area contributed by atoms with E-state index in [1.54, 1.807) is 0 Å². The lowest BCUT2D eigenvalue weighted by Gasteiger charge is -2.06. The first-order valence-electron chi connectivity index (χ1n) is 6.49. The molecule has 1 amide bonds. The van der Waals surface area contributed by atoms with E-state index in [-0.39, 0.29) is 31.1 Å². The highest BCUT2D eigenvalue weighted by Crippen LogP contribution is 2.09. The Bertz CT molecular complexity index is 626. The van der Waals surface area contributed by atoms with Crippen LogP contribution in [0.5, 0.6) is 0 Å². The molecule has 0 aliphatic rings. The van der Waals surface area contributed by atoms with Gasteiger partial charge in [0.2, 0.25) is 5.91 Å². The number of hydrogen-bond donors (Lipinski definition) is 1. The molecular formula is C16H14F3NO. The number of carbonyl (C=O) groups excluding carboxylic acids is 1. The van der Waals surface area contributed by atoms with Gasteiger partial charge in [-0.1, -0.05) is 18.2 Å². The van der Waals surface area contributed by atoms with Crippen LogP contribution in [0.25, 0.3) is 0 Å². The fraction of sp³-hybridized carbons (Fsp3) is 0.188. The second-order valence-corrected chi connectivity index (χ2v) is 4.64. The van der Waals surface area contributed by atoms with Crippen molar-refractivity contribution in [3.63, 3.8) is 0 Å². The van der Waals surface area contributed by atoms with E-state index in [1.165, 1.54) is 36.4 Å². The van der Waals surface area contributed by atoms with Crippen molar-refractivity contribution in [2.45, 2.75) is 12.8 Å². The zero-order valence-electron chi connectivity index (χ0n) is 11.2.